The second-order valence-electron chi connectivity index (χ2n) is 5.06. The molecule has 0 radical (unpaired) electrons. The Labute approximate surface area is 124 Å². The number of aryl methyl sites for hydroxylation is 1. The van der Waals surface area contributed by atoms with Gasteiger partial charge < -0.3 is 5.32 Å². The maximum atomic E-state index is 9.25. The lowest BCUT2D eigenvalue weighted by Gasteiger charge is -2.27. The molecule has 100 valence electrons. The summed E-state index contributed by atoms with van der Waals surface area (Å²) in [5.74, 6) is 0. The van der Waals surface area contributed by atoms with Gasteiger partial charge >= 0.3 is 0 Å². The fraction of sp³-hybridized carbons (Fsp3) is 0.235. The van der Waals surface area contributed by atoms with E-state index < -0.39 is 0 Å². The SMILES string of the molecule is N#Cc1c(Cl)cccc1NC1CCCc2ccccc21. The molecule has 1 unspecified atom stereocenters. The largest absolute Gasteiger partial charge is 0.377 e. The van der Waals surface area contributed by atoms with Gasteiger partial charge in [0.2, 0.25) is 0 Å². The lowest BCUT2D eigenvalue weighted by molar-refractivity contribution is 0.600. The Morgan fingerprint density at radius 3 is 2.85 bits per heavy atom. The summed E-state index contributed by atoms with van der Waals surface area (Å²) in [6, 6.07) is 16.5. The van der Waals surface area contributed by atoms with Crippen LogP contribution in [0, 0.1) is 11.3 Å². The molecule has 0 saturated heterocycles. The summed E-state index contributed by atoms with van der Waals surface area (Å²) >= 11 is 6.08. The molecule has 0 saturated carbocycles. The number of nitrogens with one attached hydrogen (secondary N) is 1. The zero-order valence-corrected chi connectivity index (χ0v) is 11.8. The molecule has 1 N–H and O–H groups in total. The summed E-state index contributed by atoms with van der Waals surface area (Å²) < 4.78 is 0. The van der Waals surface area contributed by atoms with E-state index in [1.807, 2.05) is 12.1 Å². The first-order valence-corrected chi connectivity index (χ1v) is 7.20. The topological polar surface area (TPSA) is 35.8 Å². The van der Waals surface area contributed by atoms with Crippen LogP contribution >= 0.6 is 11.6 Å². The Kier molecular flexibility index (Phi) is 3.62. The summed E-state index contributed by atoms with van der Waals surface area (Å²) in [4.78, 5) is 0. The van der Waals surface area contributed by atoms with E-state index in [9.17, 15) is 5.26 Å². The number of rotatable bonds is 2. The maximum Gasteiger partial charge on any atom is 0.103 e. The molecule has 0 fully saturated rings. The molecule has 0 aromatic heterocycles. The van der Waals surface area contributed by atoms with Crippen LogP contribution in [0.3, 0.4) is 0 Å². The van der Waals surface area contributed by atoms with Gasteiger partial charge in [-0.15, -0.1) is 0 Å². The average molecular weight is 283 g/mol. The third-order valence-electron chi connectivity index (χ3n) is 3.82. The highest BCUT2D eigenvalue weighted by molar-refractivity contribution is 6.32. The molecule has 20 heavy (non-hydrogen) atoms. The van der Waals surface area contributed by atoms with Crippen molar-refractivity contribution in [2.45, 2.75) is 25.3 Å². The molecule has 0 amide bonds. The van der Waals surface area contributed by atoms with E-state index >= 15 is 0 Å². The molecule has 2 aromatic rings. The third kappa shape index (κ3) is 2.37. The highest BCUT2D eigenvalue weighted by Crippen LogP contribution is 2.34. The number of nitrogens with zero attached hydrogens (tertiary/aromatic N) is 1. The van der Waals surface area contributed by atoms with Gasteiger partial charge in [-0.25, -0.2) is 0 Å². The van der Waals surface area contributed by atoms with Gasteiger partial charge in [0.05, 0.1) is 22.3 Å². The number of anilines is 1. The monoisotopic (exact) mass is 282 g/mol. The molecular weight excluding hydrogens is 268 g/mol. The van der Waals surface area contributed by atoms with Crippen LogP contribution in [0.15, 0.2) is 42.5 Å². The van der Waals surface area contributed by atoms with Gasteiger partial charge in [-0.05, 0) is 42.5 Å². The standard InChI is InChI=1S/C17H15ClN2/c18-15-8-4-10-17(14(15)11-19)20-16-9-3-6-12-5-1-2-7-13(12)16/h1-2,4-5,7-8,10,16,20H,3,6,9H2. The van der Waals surface area contributed by atoms with Crippen LogP contribution in [0.2, 0.25) is 5.02 Å². The van der Waals surface area contributed by atoms with Crippen molar-refractivity contribution >= 4 is 17.3 Å². The Bertz CT molecular complexity index is 673. The van der Waals surface area contributed by atoms with Crippen LogP contribution in [-0.2, 0) is 6.42 Å². The van der Waals surface area contributed by atoms with Crippen LogP contribution < -0.4 is 5.32 Å². The van der Waals surface area contributed by atoms with Crippen LogP contribution in [0.25, 0.3) is 0 Å². The van der Waals surface area contributed by atoms with Gasteiger partial charge in [0.15, 0.2) is 0 Å². The number of halogens is 1. The molecule has 1 atom stereocenters. The number of hydrogen-bond donors (Lipinski definition) is 1. The van der Waals surface area contributed by atoms with Crippen molar-refractivity contribution in [1.82, 2.24) is 0 Å². The van der Waals surface area contributed by atoms with Gasteiger partial charge in [0.1, 0.15) is 6.07 Å². The van der Waals surface area contributed by atoms with E-state index in [1.165, 1.54) is 11.1 Å². The molecule has 1 aliphatic carbocycles. The second-order valence-corrected chi connectivity index (χ2v) is 5.47. The van der Waals surface area contributed by atoms with Crippen molar-refractivity contribution in [3.05, 3.63) is 64.2 Å². The first kappa shape index (κ1) is 13.0. The molecule has 2 aromatic carbocycles. The second kappa shape index (κ2) is 5.56. The van der Waals surface area contributed by atoms with E-state index in [0.29, 0.717) is 10.6 Å². The van der Waals surface area contributed by atoms with E-state index in [-0.39, 0.29) is 6.04 Å². The maximum absolute atomic E-state index is 9.25. The minimum absolute atomic E-state index is 0.255. The van der Waals surface area contributed by atoms with Crippen molar-refractivity contribution in [2.24, 2.45) is 0 Å². The average Bonchev–Trinajstić information content (AvgIpc) is 2.48. The van der Waals surface area contributed by atoms with E-state index in [0.717, 1.165) is 24.9 Å². The van der Waals surface area contributed by atoms with E-state index in [1.54, 1.807) is 6.07 Å². The normalized spacial score (nSPS) is 17.1. The van der Waals surface area contributed by atoms with Crippen LogP contribution in [0.5, 0.6) is 0 Å². The van der Waals surface area contributed by atoms with Crippen molar-refractivity contribution in [2.75, 3.05) is 5.32 Å². The zero-order chi connectivity index (χ0) is 13.9. The van der Waals surface area contributed by atoms with Crippen molar-refractivity contribution in [1.29, 1.82) is 5.26 Å². The molecular formula is C17H15ClN2. The van der Waals surface area contributed by atoms with Gasteiger partial charge in [0, 0.05) is 0 Å². The molecule has 2 nitrogen and oxygen atoms in total. The molecule has 0 spiro atoms. The molecule has 0 aliphatic heterocycles. The van der Waals surface area contributed by atoms with Crippen molar-refractivity contribution in [3.8, 4) is 6.07 Å². The first-order valence-electron chi connectivity index (χ1n) is 6.82. The van der Waals surface area contributed by atoms with Gasteiger partial charge in [0.25, 0.3) is 0 Å². The summed E-state index contributed by atoms with van der Waals surface area (Å²) in [6.07, 6.45) is 3.38. The molecule has 1 aliphatic rings. The van der Waals surface area contributed by atoms with Gasteiger partial charge in [-0.2, -0.15) is 5.26 Å². The van der Waals surface area contributed by atoms with E-state index in [2.05, 4.69) is 35.7 Å². The third-order valence-corrected chi connectivity index (χ3v) is 4.14. The number of nitriles is 1. The minimum Gasteiger partial charge on any atom is -0.377 e. The fourth-order valence-electron chi connectivity index (χ4n) is 2.85. The van der Waals surface area contributed by atoms with Crippen molar-refractivity contribution in [3.63, 3.8) is 0 Å². The van der Waals surface area contributed by atoms with Crippen LogP contribution in [0.1, 0.15) is 35.6 Å². The molecule has 0 heterocycles. The van der Waals surface area contributed by atoms with Gasteiger partial charge in [-0.1, -0.05) is 41.9 Å². The molecule has 0 bridgehead atoms. The highest BCUT2D eigenvalue weighted by atomic mass is 35.5. The van der Waals surface area contributed by atoms with Crippen molar-refractivity contribution < 1.29 is 0 Å². The summed E-state index contributed by atoms with van der Waals surface area (Å²) in [7, 11) is 0. The molecule has 3 rings (SSSR count). The summed E-state index contributed by atoms with van der Waals surface area (Å²) in [5.41, 5.74) is 4.08. The van der Waals surface area contributed by atoms with E-state index in [4.69, 9.17) is 11.6 Å². The first-order chi connectivity index (χ1) is 9.79. The lowest BCUT2D eigenvalue weighted by atomic mass is 9.87. The van der Waals surface area contributed by atoms with Crippen LogP contribution in [0.4, 0.5) is 5.69 Å². The number of hydrogen-bond acceptors (Lipinski definition) is 2. The van der Waals surface area contributed by atoms with Crippen LogP contribution in [-0.4, -0.2) is 0 Å². The predicted octanol–water partition coefficient (Wildman–Crippen LogP) is 4.70. The number of benzene rings is 2. The zero-order valence-electron chi connectivity index (χ0n) is 11.1. The molecule has 3 heteroatoms. The Morgan fingerprint density at radius 2 is 2.00 bits per heavy atom. The minimum atomic E-state index is 0.255. The Morgan fingerprint density at radius 1 is 1.15 bits per heavy atom. The summed E-state index contributed by atoms with van der Waals surface area (Å²) in [5, 5.41) is 13.2. The quantitative estimate of drug-likeness (QED) is 0.866. The summed E-state index contributed by atoms with van der Waals surface area (Å²) in [6.45, 7) is 0. The fourth-order valence-corrected chi connectivity index (χ4v) is 3.07. The predicted molar refractivity (Wildman–Crippen MR) is 81.9 cm³/mol. The number of fused-ring (bicyclic) bond motifs is 1. The highest BCUT2D eigenvalue weighted by Gasteiger charge is 2.20. The Balaban J connectivity index is 1.94. The smallest absolute Gasteiger partial charge is 0.103 e. The van der Waals surface area contributed by atoms with Gasteiger partial charge in [-0.3, -0.25) is 0 Å². The Hall–Kier alpha value is -1.98. The lowest BCUT2D eigenvalue weighted by Crippen LogP contribution is -2.17.